The van der Waals surface area contributed by atoms with Crippen LogP contribution >= 0.6 is 11.3 Å². The summed E-state index contributed by atoms with van der Waals surface area (Å²) in [6.07, 6.45) is 1.55. The average molecular weight is 313 g/mol. The lowest BCUT2D eigenvalue weighted by molar-refractivity contribution is 0.355. The van der Waals surface area contributed by atoms with Crippen LogP contribution in [0.5, 0.6) is 11.5 Å². The molecule has 0 radical (unpaired) electrons. The Labute approximate surface area is 132 Å². The molecule has 2 aromatic heterocycles. The van der Waals surface area contributed by atoms with Gasteiger partial charge < -0.3 is 14.8 Å². The Morgan fingerprint density at radius 2 is 1.86 bits per heavy atom. The first-order valence-electron chi connectivity index (χ1n) is 6.64. The van der Waals surface area contributed by atoms with E-state index < -0.39 is 0 Å². The smallest absolute Gasteiger partial charge is 0.162 e. The van der Waals surface area contributed by atoms with E-state index >= 15 is 0 Å². The number of ether oxygens (including phenoxy) is 2. The van der Waals surface area contributed by atoms with Gasteiger partial charge in [-0.3, -0.25) is 0 Å². The second-order valence-corrected chi connectivity index (χ2v) is 5.28. The maximum absolute atomic E-state index is 5.30. The number of aromatic nitrogens is 2. The van der Waals surface area contributed by atoms with E-state index in [0.717, 1.165) is 22.8 Å². The SMILES string of the molecule is COc1ccc(Nc2cc(-c3ccsc3)ncn2)cc1OC. The normalized spacial score (nSPS) is 10.3. The van der Waals surface area contributed by atoms with Crippen molar-refractivity contribution in [2.75, 3.05) is 19.5 Å². The molecule has 0 unspecified atom stereocenters. The highest BCUT2D eigenvalue weighted by Gasteiger charge is 2.06. The van der Waals surface area contributed by atoms with Gasteiger partial charge in [-0.25, -0.2) is 9.97 Å². The van der Waals surface area contributed by atoms with Crippen molar-refractivity contribution >= 4 is 22.8 Å². The van der Waals surface area contributed by atoms with E-state index in [2.05, 4.69) is 20.7 Å². The highest BCUT2D eigenvalue weighted by molar-refractivity contribution is 7.08. The first kappa shape index (κ1) is 14.3. The number of anilines is 2. The van der Waals surface area contributed by atoms with E-state index in [9.17, 15) is 0 Å². The van der Waals surface area contributed by atoms with Crippen molar-refractivity contribution in [3.8, 4) is 22.8 Å². The van der Waals surface area contributed by atoms with Gasteiger partial charge >= 0.3 is 0 Å². The zero-order chi connectivity index (χ0) is 15.4. The average Bonchev–Trinajstić information content (AvgIpc) is 3.09. The highest BCUT2D eigenvalue weighted by Crippen LogP contribution is 2.31. The summed E-state index contributed by atoms with van der Waals surface area (Å²) in [7, 11) is 3.23. The second-order valence-electron chi connectivity index (χ2n) is 4.50. The third-order valence-corrected chi connectivity index (χ3v) is 3.82. The Kier molecular flexibility index (Phi) is 4.20. The third-order valence-electron chi connectivity index (χ3n) is 3.14. The van der Waals surface area contributed by atoms with Crippen molar-refractivity contribution in [3.05, 3.63) is 47.4 Å². The van der Waals surface area contributed by atoms with Crippen molar-refractivity contribution < 1.29 is 9.47 Å². The summed E-state index contributed by atoms with van der Waals surface area (Å²) in [5.41, 5.74) is 2.84. The summed E-state index contributed by atoms with van der Waals surface area (Å²) in [6, 6.07) is 9.58. The number of nitrogens with zero attached hydrogens (tertiary/aromatic N) is 2. The van der Waals surface area contributed by atoms with Crippen molar-refractivity contribution in [1.29, 1.82) is 0 Å². The molecule has 0 aliphatic rings. The molecule has 0 saturated carbocycles. The molecule has 0 atom stereocenters. The largest absolute Gasteiger partial charge is 0.493 e. The molecule has 1 aromatic carbocycles. The molecule has 0 spiro atoms. The molecule has 0 amide bonds. The predicted octanol–water partition coefficient (Wildman–Crippen LogP) is 3.97. The molecule has 1 N–H and O–H groups in total. The van der Waals surface area contributed by atoms with Crippen LogP contribution in [-0.4, -0.2) is 24.2 Å². The van der Waals surface area contributed by atoms with Crippen molar-refractivity contribution in [2.24, 2.45) is 0 Å². The van der Waals surface area contributed by atoms with Gasteiger partial charge in [-0.1, -0.05) is 0 Å². The van der Waals surface area contributed by atoms with Crippen LogP contribution in [0.3, 0.4) is 0 Å². The number of nitrogens with one attached hydrogen (secondary N) is 1. The van der Waals surface area contributed by atoms with Crippen LogP contribution in [-0.2, 0) is 0 Å². The molecule has 0 fully saturated rings. The summed E-state index contributed by atoms with van der Waals surface area (Å²) < 4.78 is 10.5. The van der Waals surface area contributed by atoms with Crippen LogP contribution in [0.4, 0.5) is 11.5 Å². The molecule has 2 heterocycles. The number of methoxy groups -OCH3 is 2. The molecule has 0 bridgehead atoms. The monoisotopic (exact) mass is 313 g/mol. The molecular weight excluding hydrogens is 298 g/mol. The minimum Gasteiger partial charge on any atom is -0.493 e. The van der Waals surface area contributed by atoms with Crippen LogP contribution in [0.15, 0.2) is 47.4 Å². The maximum atomic E-state index is 5.30. The maximum Gasteiger partial charge on any atom is 0.162 e. The fourth-order valence-electron chi connectivity index (χ4n) is 2.06. The lowest BCUT2D eigenvalue weighted by atomic mass is 10.2. The fourth-order valence-corrected chi connectivity index (χ4v) is 2.71. The number of thiophene rings is 1. The minimum absolute atomic E-state index is 0.666. The molecular formula is C16H15N3O2S. The third kappa shape index (κ3) is 3.01. The first-order chi connectivity index (χ1) is 10.8. The van der Waals surface area contributed by atoms with Gasteiger partial charge in [0.15, 0.2) is 11.5 Å². The molecule has 3 rings (SSSR count). The summed E-state index contributed by atoms with van der Waals surface area (Å²) in [5, 5.41) is 7.33. The number of rotatable bonds is 5. The Morgan fingerprint density at radius 1 is 1.00 bits per heavy atom. The van der Waals surface area contributed by atoms with E-state index in [1.165, 1.54) is 0 Å². The van der Waals surface area contributed by atoms with Crippen LogP contribution in [0.25, 0.3) is 11.3 Å². The van der Waals surface area contributed by atoms with Crippen LogP contribution in [0.1, 0.15) is 0 Å². The molecule has 22 heavy (non-hydrogen) atoms. The van der Waals surface area contributed by atoms with Crippen LogP contribution in [0, 0.1) is 0 Å². The van der Waals surface area contributed by atoms with E-state index in [4.69, 9.17) is 9.47 Å². The zero-order valence-corrected chi connectivity index (χ0v) is 13.1. The molecule has 0 saturated heterocycles. The van der Waals surface area contributed by atoms with Gasteiger partial charge in [-0.05, 0) is 23.6 Å². The summed E-state index contributed by atoms with van der Waals surface area (Å²) >= 11 is 1.64. The lowest BCUT2D eigenvalue weighted by Gasteiger charge is -2.11. The summed E-state index contributed by atoms with van der Waals surface area (Å²) in [5.74, 6) is 2.08. The predicted molar refractivity (Wildman–Crippen MR) is 88.2 cm³/mol. The molecule has 112 valence electrons. The highest BCUT2D eigenvalue weighted by atomic mass is 32.1. The summed E-state index contributed by atoms with van der Waals surface area (Å²) in [6.45, 7) is 0. The van der Waals surface area contributed by atoms with E-state index in [0.29, 0.717) is 11.5 Å². The Morgan fingerprint density at radius 3 is 2.59 bits per heavy atom. The van der Waals surface area contributed by atoms with Crippen molar-refractivity contribution in [3.63, 3.8) is 0 Å². The van der Waals surface area contributed by atoms with Crippen molar-refractivity contribution in [1.82, 2.24) is 9.97 Å². The van der Waals surface area contributed by atoms with E-state index in [-0.39, 0.29) is 0 Å². The second kappa shape index (κ2) is 6.44. The van der Waals surface area contributed by atoms with Gasteiger partial charge in [0.1, 0.15) is 12.1 Å². The van der Waals surface area contributed by atoms with Gasteiger partial charge in [-0.15, -0.1) is 0 Å². The molecule has 5 nitrogen and oxygen atoms in total. The molecule has 3 aromatic rings. The van der Waals surface area contributed by atoms with Gasteiger partial charge in [-0.2, -0.15) is 11.3 Å². The Hall–Kier alpha value is -2.60. The van der Waals surface area contributed by atoms with Gasteiger partial charge in [0.25, 0.3) is 0 Å². The summed E-state index contributed by atoms with van der Waals surface area (Å²) in [4.78, 5) is 8.55. The molecule has 0 aliphatic carbocycles. The van der Waals surface area contributed by atoms with Gasteiger partial charge in [0.05, 0.1) is 19.9 Å². The quantitative estimate of drug-likeness (QED) is 0.772. The standard InChI is InChI=1S/C16H15N3O2S/c1-20-14-4-3-12(7-15(14)21-2)19-16-8-13(17-10-18-16)11-5-6-22-9-11/h3-10H,1-2H3,(H,17,18,19). The van der Waals surface area contributed by atoms with Gasteiger partial charge in [0, 0.05) is 28.8 Å². The molecule has 6 heteroatoms. The van der Waals surface area contributed by atoms with E-state index in [1.54, 1.807) is 31.9 Å². The first-order valence-corrected chi connectivity index (χ1v) is 7.58. The number of hydrogen-bond acceptors (Lipinski definition) is 6. The fraction of sp³-hybridized carbons (Fsp3) is 0.125. The van der Waals surface area contributed by atoms with Crippen LogP contribution < -0.4 is 14.8 Å². The van der Waals surface area contributed by atoms with Crippen molar-refractivity contribution in [2.45, 2.75) is 0 Å². The Balaban J connectivity index is 1.86. The van der Waals surface area contributed by atoms with Crippen LogP contribution in [0.2, 0.25) is 0 Å². The lowest BCUT2D eigenvalue weighted by Crippen LogP contribution is -1.97. The van der Waals surface area contributed by atoms with E-state index in [1.807, 2.05) is 35.7 Å². The minimum atomic E-state index is 0.666. The zero-order valence-electron chi connectivity index (χ0n) is 12.2. The topological polar surface area (TPSA) is 56.3 Å². The number of benzene rings is 1. The number of hydrogen-bond donors (Lipinski definition) is 1. The van der Waals surface area contributed by atoms with Gasteiger partial charge in [0.2, 0.25) is 0 Å². The Bertz CT molecular complexity index is 760. The molecule has 0 aliphatic heterocycles.